The first-order valence-electron chi connectivity index (χ1n) is 10.1. The van der Waals surface area contributed by atoms with Gasteiger partial charge in [-0.1, -0.05) is 12.2 Å². The van der Waals surface area contributed by atoms with Crippen molar-refractivity contribution in [3.05, 3.63) is 77.6 Å². The van der Waals surface area contributed by atoms with Crippen LogP contribution in [0.25, 0.3) is 0 Å². The molecular formula is C24H18FNO5. The number of fused-ring (bicyclic) bond motifs is 5. The number of hydrogen-bond donors (Lipinski definition) is 0. The highest BCUT2D eigenvalue weighted by atomic mass is 19.1. The maximum absolute atomic E-state index is 12.9. The van der Waals surface area contributed by atoms with Gasteiger partial charge in [0.05, 0.1) is 23.1 Å². The Morgan fingerprint density at radius 2 is 1.42 bits per heavy atom. The highest BCUT2D eigenvalue weighted by Gasteiger charge is 2.59. The smallest absolute Gasteiger partial charge is 0.338 e. The number of amides is 2. The highest BCUT2D eigenvalue weighted by Crippen LogP contribution is 2.53. The van der Waals surface area contributed by atoms with E-state index in [2.05, 4.69) is 0 Å². The molecule has 31 heavy (non-hydrogen) atoms. The van der Waals surface area contributed by atoms with Crippen molar-refractivity contribution in [3.8, 4) is 0 Å². The fourth-order valence-corrected chi connectivity index (χ4v) is 4.84. The molecule has 3 aliphatic rings. The largest absolute Gasteiger partial charge is 0.454 e. The zero-order chi connectivity index (χ0) is 21.7. The van der Waals surface area contributed by atoms with Crippen LogP contribution in [0.1, 0.15) is 27.1 Å². The van der Waals surface area contributed by atoms with E-state index >= 15 is 0 Å². The number of nitrogens with zero attached hydrogens (tertiary/aromatic N) is 1. The lowest BCUT2D eigenvalue weighted by atomic mass is 9.85. The SMILES string of the molecule is O=C(COC(=O)c1ccc(N2C(=O)[C@@H]3[C@@H](C2=O)[C@H]2C=C[C@H]3C2)cc1)c1ccc(F)cc1. The second kappa shape index (κ2) is 7.27. The number of ketones is 1. The molecule has 0 spiro atoms. The third-order valence-electron chi connectivity index (χ3n) is 6.33. The van der Waals surface area contributed by atoms with Gasteiger partial charge in [0.25, 0.3) is 0 Å². The van der Waals surface area contributed by atoms with Gasteiger partial charge in [-0.2, -0.15) is 0 Å². The van der Waals surface area contributed by atoms with Gasteiger partial charge in [-0.15, -0.1) is 0 Å². The zero-order valence-electron chi connectivity index (χ0n) is 16.4. The van der Waals surface area contributed by atoms with Crippen LogP contribution in [0.2, 0.25) is 0 Å². The molecule has 4 atom stereocenters. The Bertz CT molecular complexity index is 1090. The molecule has 2 aromatic rings. The molecule has 1 saturated heterocycles. The number of anilines is 1. The number of carbonyl (C=O) groups is 4. The second-order valence-corrected chi connectivity index (χ2v) is 8.06. The summed E-state index contributed by atoms with van der Waals surface area (Å²) in [6.07, 6.45) is 4.93. The van der Waals surface area contributed by atoms with E-state index in [1.165, 1.54) is 41.3 Å². The second-order valence-electron chi connectivity index (χ2n) is 8.06. The predicted molar refractivity (Wildman–Crippen MR) is 108 cm³/mol. The number of benzene rings is 2. The van der Waals surface area contributed by atoms with E-state index in [1.54, 1.807) is 0 Å². The Labute approximate surface area is 177 Å². The van der Waals surface area contributed by atoms with Gasteiger partial charge in [-0.25, -0.2) is 9.18 Å². The number of esters is 1. The molecule has 1 saturated carbocycles. The van der Waals surface area contributed by atoms with Crippen LogP contribution >= 0.6 is 0 Å². The van der Waals surface area contributed by atoms with Crippen molar-refractivity contribution in [2.75, 3.05) is 11.5 Å². The van der Waals surface area contributed by atoms with Crippen molar-refractivity contribution in [3.63, 3.8) is 0 Å². The molecule has 2 aromatic carbocycles. The third-order valence-corrected chi connectivity index (χ3v) is 6.33. The van der Waals surface area contributed by atoms with Gasteiger partial charge < -0.3 is 4.74 Å². The molecule has 2 fully saturated rings. The standard InChI is InChI=1S/C24H18FNO5/c25-17-7-3-13(4-8-17)19(27)12-31-24(30)14-5-9-18(10-6-14)26-22(28)20-15-1-2-16(11-15)21(20)23(26)29/h1-10,15-16,20-21H,11-12H2/t15-,16-,20-,21-/m0/s1. The molecule has 6 nitrogen and oxygen atoms in total. The molecule has 2 amide bonds. The number of allylic oxidation sites excluding steroid dienone is 2. The zero-order valence-corrected chi connectivity index (χ0v) is 16.4. The van der Waals surface area contributed by atoms with Crippen molar-refractivity contribution in [2.24, 2.45) is 23.7 Å². The fourth-order valence-electron chi connectivity index (χ4n) is 4.84. The number of ether oxygens (including phenoxy) is 1. The summed E-state index contributed by atoms with van der Waals surface area (Å²) in [6, 6.07) is 10.9. The number of carbonyl (C=O) groups excluding carboxylic acids is 4. The van der Waals surface area contributed by atoms with Crippen molar-refractivity contribution in [1.29, 1.82) is 0 Å². The van der Waals surface area contributed by atoms with Crippen molar-refractivity contribution in [1.82, 2.24) is 0 Å². The molecule has 1 aliphatic heterocycles. The minimum atomic E-state index is -0.708. The summed E-state index contributed by atoms with van der Waals surface area (Å²) in [5, 5.41) is 0. The monoisotopic (exact) mass is 419 g/mol. The molecule has 0 radical (unpaired) electrons. The van der Waals surface area contributed by atoms with Gasteiger partial charge in [-0.3, -0.25) is 19.3 Å². The quantitative estimate of drug-likeness (QED) is 0.322. The maximum Gasteiger partial charge on any atom is 0.338 e. The summed E-state index contributed by atoms with van der Waals surface area (Å²) in [5.41, 5.74) is 0.851. The molecular weight excluding hydrogens is 401 g/mol. The van der Waals surface area contributed by atoms with Gasteiger partial charge in [-0.05, 0) is 66.8 Å². The summed E-state index contributed by atoms with van der Waals surface area (Å²) >= 11 is 0. The Morgan fingerprint density at radius 3 is 2.00 bits per heavy atom. The number of hydrogen-bond acceptors (Lipinski definition) is 5. The Kier molecular flexibility index (Phi) is 4.54. The van der Waals surface area contributed by atoms with Crippen LogP contribution < -0.4 is 4.90 Å². The molecule has 0 unspecified atom stereocenters. The first-order valence-corrected chi connectivity index (χ1v) is 10.1. The average molecular weight is 419 g/mol. The van der Waals surface area contributed by atoms with Crippen LogP contribution in [0.3, 0.4) is 0 Å². The molecule has 2 aliphatic carbocycles. The average Bonchev–Trinajstić information content (AvgIpc) is 3.46. The summed E-state index contributed by atoms with van der Waals surface area (Å²) in [4.78, 5) is 51.3. The van der Waals surface area contributed by atoms with Gasteiger partial charge in [0.1, 0.15) is 5.82 Å². The number of rotatable bonds is 5. The van der Waals surface area contributed by atoms with Gasteiger partial charge >= 0.3 is 5.97 Å². The number of halogens is 1. The molecule has 2 bridgehead atoms. The molecule has 0 N–H and O–H groups in total. The minimum Gasteiger partial charge on any atom is -0.454 e. The van der Waals surface area contributed by atoms with E-state index in [0.717, 1.165) is 18.6 Å². The van der Waals surface area contributed by atoms with Crippen molar-refractivity contribution in [2.45, 2.75) is 6.42 Å². The van der Waals surface area contributed by atoms with Crippen LogP contribution in [-0.2, 0) is 14.3 Å². The van der Waals surface area contributed by atoms with Gasteiger partial charge in [0.2, 0.25) is 11.8 Å². The van der Waals surface area contributed by atoms with Crippen molar-refractivity contribution < 1.29 is 28.3 Å². The Balaban J connectivity index is 1.24. The lowest BCUT2D eigenvalue weighted by Gasteiger charge is -2.17. The Hall–Kier alpha value is -3.61. The van der Waals surface area contributed by atoms with Crippen LogP contribution in [-0.4, -0.2) is 30.2 Å². The molecule has 156 valence electrons. The normalized spacial score (nSPS) is 25.8. The lowest BCUT2D eigenvalue weighted by molar-refractivity contribution is -0.123. The summed E-state index contributed by atoms with van der Waals surface area (Å²) in [6.45, 7) is -0.478. The number of imide groups is 1. The van der Waals surface area contributed by atoms with E-state index in [4.69, 9.17) is 4.74 Å². The minimum absolute atomic E-state index is 0.129. The first-order chi connectivity index (χ1) is 14.9. The van der Waals surface area contributed by atoms with E-state index in [1.807, 2.05) is 12.2 Å². The summed E-state index contributed by atoms with van der Waals surface area (Å²) < 4.78 is 18.0. The van der Waals surface area contributed by atoms with Crippen LogP contribution in [0.15, 0.2) is 60.7 Å². The van der Waals surface area contributed by atoms with Crippen molar-refractivity contribution >= 4 is 29.3 Å². The predicted octanol–water partition coefficient (Wildman–Crippen LogP) is 3.18. The summed E-state index contributed by atoms with van der Waals surface area (Å²) in [5.74, 6) is -2.31. The van der Waals surface area contributed by atoms with E-state index < -0.39 is 24.2 Å². The van der Waals surface area contributed by atoms with Crippen LogP contribution in [0.5, 0.6) is 0 Å². The molecule has 5 rings (SSSR count). The molecule has 0 aromatic heterocycles. The van der Waals surface area contributed by atoms with E-state index in [9.17, 15) is 23.6 Å². The molecule has 7 heteroatoms. The maximum atomic E-state index is 12.9. The van der Waals surface area contributed by atoms with E-state index in [0.29, 0.717) is 5.69 Å². The number of Topliss-reactive ketones (excluding diaryl/α,β-unsaturated/α-hetero) is 1. The van der Waals surface area contributed by atoms with Crippen LogP contribution in [0, 0.1) is 29.5 Å². The van der Waals surface area contributed by atoms with Crippen LogP contribution in [0.4, 0.5) is 10.1 Å². The highest BCUT2D eigenvalue weighted by molar-refractivity contribution is 6.22. The topological polar surface area (TPSA) is 80.8 Å². The molecule has 1 heterocycles. The lowest BCUT2D eigenvalue weighted by Crippen LogP contribution is -2.32. The first kappa shape index (κ1) is 19.4. The summed E-state index contributed by atoms with van der Waals surface area (Å²) in [7, 11) is 0. The van der Waals surface area contributed by atoms with Gasteiger partial charge in [0.15, 0.2) is 12.4 Å². The fraction of sp³-hybridized carbons (Fsp3) is 0.250. The van der Waals surface area contributed by atoms with E-state index in [-0.39, 0.29) is 46.6 Å². The van der Waals surface area contributed by atoms with Gasteiger partial charge in [0, 0.05) is 5.56 Å². The Morgan fingerprint density at radius 1 is 0.871 bits per heavy atom. The third kappa shape index (κ3) is 3.17.